The van der Waals surface area contributed by atoms with Gasteiger partial charge in [0.15, 0.2) is 0 Å². The molecule has 2 nitrogen and oxygen atoms in total. The molecule has 26 heavy (non-hydrogen) atoms. The van der Waals surface area contributed by atoms with Crippen molar-refractivity contribution in [3.05, 3.63) is 0 Å². The molecular formula is C24H49NO. The fourth-order valence-electron chi connectivity index (χ4n) is 3.61. The van der Waals surface area contributed by atoms with Crippen LogP contribution in [0.25, 0.3) is 0 Å². The minimum Gasteiger partial charge on any atom is -0.338 e. The second kappa shape index (κ2) is 16.6. The predicted octanol–water partition coefficient (Wildman–Crippen LogP) is 7.89. The zero-order chi connectivity index (χ0) is 19.7. The van der Waals surface area contributed by atoms with E-state index in [-0.39, 0.29) is 5.54 Å². The topological polar surface area (TPSA) is 20.3 Å². The zero-order valence-corrected chi connectivity index (χ0v) is 18.9. The predicted molar refractivity (Wildman–Crippen MR) is 117 cm³/mol. The van der Waals surface area contributed by atoms with Crippen LogP contribution in [0, 0.1) is 0 Å². The minimum atomic E-state index is -0.0419. The molecule has 0 aromatic heterocycles. The number of carbonyl (C=O) groups is 1. The Hall–Kier alpha value is -0.530. The van der Waals surface area contributed by atoms with Gasteiger partial charge in [-0.3, -0.25) is 4.79 Å². The highest BCUT2D eigenvalue weighted by molar-refractivity contribution is 5.76. The van der Waals surface area contributed by atoms with Gasteiger partial charge in [0.2, 0.25) is 5.91 Å². The molecule has 0 rings (SSSR count). The fourth-order valence-corrected chi connectivity index (χ4v) is 3.61. The largest absolute Gasteiger partial charge is 0.338 e. The summed E-state index contributed by atoms with van der Waals surface area (Å²) < 4.78 is 0. The van der Waals surface area contributed by atoms with Crippen LogP contribution in [-0.4, -0.2) is 22.9 Å². The SMILES string of the molecule is CCCCCCCCCCCCN(C(=O)CCCCCCC)C(C)(C)C. The molecule has 0 aliphatic carbocycles. The second-order valence-electron chi connectivity index (χ2n) is 9.06. The molecule has 0 unspecified atom stereocenters. The Balaban J connectivity index is 3.86. The van der Waals surface area contributed by atoms with E-state index in [1.54, 1.807) is 0 Å². The highest BCUT2D eigenvalue weighted by Crippen LogP contribution is 2.18. The molecule has 0 aromatic rings. The summed E-state index contributed by atoms with van der Waals surface area (Å²) in [4.78, 5) is 14.8. The standard InChI is InChI=1S/C24H49NO/c1-6-8-10-12-13-14-15-16-18-20-22-25(24(3,4)5)23(26)21-19-17-11-9-7-2/h6-22H2,1-5H3. The Kier molecular flexibility index (Phi) is 16.3. The molecular weight excluding hydrogens is 318 g/mol. The number of hydrogen-bond acceptors (Lipinski definition) is 1. The third kappa shape index (κ3) is 14.6. The van der Waals surface area contributed by atoms with Gasteiger partial charge in [0.25, 0.3) is 0 Å². The van der Waals surface area contributed by atoms with Crippen molar-refractivity contribution >= 4 is 5.91 Å². The summed E-state index contributed by atoms with van der Waals surface area (Å²) in [5.74, 6) is 0.366. The molecule has 0 radical (unpaired) electrons. The summed E-state index contributed by atoms with van der Waals surface area (Å²) in [5.41, 5.74) is -0.0419. The van der Waals surface area contributed by atoms with Gasteiger partial charge in [-0.15, -0.1) is 0 Å². The second-order valence-corrected chi connectivity index (χ2v) is 9.06. The van der Waals surface area contributed by atoms with E-state index in [4.69, 9.17) is 0 Å². The molecule has 0 heterocycles. The first-order chi connectivity index (χ1) is 12.4. The first kappa shape index (κ1) is 25.5. The van der Waals surface area contributed by atoms with Gasteiger partial charge in [-0.2, -0.15) is 0 Å². The summed E-state index contributed by atoms with van der Waals surface area (Å²) in [6.45, 7) is 12.0. The van der Waals surface area contributed by atoms with Crippen molar-refractivity contribution in [2.24, 2.45) is 0 Å². The van der Waals surface area contributed by atoms with Gasteiger partial charge in [0.05, 0.1) is 0 Å². The molecule has 0 bridgehead atoms. The highest BCUT2D eigenvalue weighted by Gasteiger charge is 2.25. The number of amides is 1. The molecule has 156 valence electrons. The van der Waals surface area contributed by atoms with Crippen LogP contribution in [-0.2, 0) is 4.79 Å². The molecule has 0 aromatic carbocycles. The maximum atomic E-state index is 12.6. The van der Waals surface area contributed by atoms with Gasteiger partial charge in [-0.25, -0.2) is 0 Å². The molecule has 0 spiro atoms. The maximum absolute atomic E-state index is 12.6. The van der Waals surface area contributed by atoms with Gasteiger partial charge in [-0.05, 0) is 33.6 Å². The lowest BCUT2D eigenvalue weighted by molar-refractivity contribution is -0.136. The summed E-state index contributed by atoms with van der Waals surface area (Å²) >= 11 is 0. The van der Waals surface area contributed by atoms with Crippen molar-refractivity contribution < 1.29 is 4.79 Å². The van der Waals surface area contributed by atoms with Crippen molar-refractivity contribution in [1.29, 1.82) is 0 Å². The smallest absolute Gasteiger partial charge is 0.222 e. The van der Waals surface area contributed by atoms with E-state index in [9.17, 15) is 4.79 Å². The quantitative estimate of drug-likeness (QED) is 0.239. The lowest BCUT2D eigenvalue weighted by Crippen LogP contribution is -2.46. The first-order valence-electron chi connectivity index (χ1n) is 11.7. The van der Waals surface area contributed by atoms with Gasteiger partial charge < -0.3 is 4.90 Å². The number of nitrogens with zero attached hydrogens (tertiary/aromatic N) is 1. The molecule has 0 aliphatic rings. The normalized spacial score (nSPS) is 11.7. The van der Waals surface area contributed by atoms with Crippen LogP contribution in [0.2, 0.25) is 0 Å². The lowest BCUT2D eigenvalue weighted by Gasteiger charge is -2.36. The van der Waals surface area contributed by atoms with E-state index < -0.39 is 0 Å². The minimum absolute atomic E-state index is 0.0419. The van der Waals surface area contributed by atoms with E-state index in [1.165, 1.54) is 83.5 Å². The van der Waals surface area contributed by atoms with Crippen LogP contribution >= 0.6 is 0 Å². The Morgan fingerprint density at radius 1 is 0.615 bits per heavy atom. The van der Waals surface area contributed by atoms with Crippen molar-refractivity contribution in [2.75, 3.05) is 6.54 Å². The van der Waals surface area contributed by atoms with E-state index in [0.717, 1.165) is 25.8 Å². The number of rotatable bonds is 17. The molecule has 1 amide bonds. The van der Waals surface area contributed by atoms with Gasteiger partial charge in [0.1, 0.15) is 0 Å². The third-order valence-corrected chi connectivity index (χ3v) is 5.34. The lowest BCUT2D eigenvalue weighted by atomic mass is 10.0. The average molecular weight is 368 g/mol. The van der Waals surface area contributed by atoms with Crippen LogP contribution in [0.1, 0.15) is 137 Å². The van der Waals surface area contributed by atoms with Crippen molar-refractivity contribution in [3.63, 3.8) is 0 Å². The van der Waals surface area contributed by atoms with E-state index >= 15 is 0 Å². The van der Waals surface area contributed by atoms with Gasteiger partial charge >= 0.3 is 0 Å². The molecule has 0 fully saturated rings. The monoisotopic (exact) mass is 367 g/mol. The average Bonchev–Trinajstić information content (AvgIpc) is 2.58. The van der Waals surface area contributed by atoms with Crippen LogP contribution in [0.5, 0.6) is 0 Å². The fraction of sp³-hybridized carbons (Fsp3) is 0.958. The Bertz CT molecular complexity index is 319. The third-order valence-electron chi connectivity index (χ3n) is 5.34. The summed E-state index contributed by atoms with van der Waals surface area (Å²) in [7, 11) is 0. The maximum Gasteiger partial charge on any atom is 0.222 e. The molecule has 0 saturated heterocycles. The van der Waals surface area contributed by atoms with Crippen LogP contribution < -0.4 is 0 Å². The number of hydrogen-bond donors (Lipinski definition) is 0. The van der Waals surface area contributed by atoms with Crippen molar-refractivity contribution in [1.82, 2.24) is 4.90 Å². The molecule has 0 saturated carbocycles. The molecule has 0 aliphatic heterocycles. The zero-order valence-electron chi connectivity index (χ0n) is 18.9. The first-order valence-corrected chi connectivity index (χ1v) is 11.7. The van der Waals surface area contributed by atoms with Crippen LogP contribution in [0.3, 0.4) is 0 Å². The Morgan fingerprint density at radius 2 is 1.00 bits per heavy atom. The van der Waals surface area contributed by atoms with Gasteiger partial charge in [-0.1, -0.05) is 97.3 Å². The Labute approximate surface area is 165 Å². The van der Waals surface area contributed by atoms with E-state index in [2.05, 4.69) is 39.5 Å². The Morgan fingerprint density at radius 3 is 1.42 bits per heavy atom. The van der Waals surface area contributed by atoms with Gasteiger partial charge in [0, 0.05) is 18.5 Å². The highest BCUT2D eigenvalue weighted by atomic mass is 16.2. The summed E-state index contributed by atoms with van der Waals surface area (Å²) in [5, 5.41) is 0. The summed E-state index contributed by atoms with van der Waals surface area (Å²) in [6, 6.07) is 0. The number of unbranched alkanes of at least 4 members (excludes halogenated alkanes) is 13. The van der Waals surface area contributed by atoms with E-state index in [0.29, 0.717) is 5.91 Å². The van der Waals surface area contributed by atoms with Crippen molar-refractivity contribution in [3.8, 4) is 0 Å². The number of carbonyl (C=O) groups excluding carboxylic acids is 1. The van der Waals surface area contributed by atoms with Crippen LogP contribution in [0.4, 0.5) is 0 Å². The molecule has 0 N–H and O–H groups in total. The van der Waals surface area contributed by atoms with E-state index in [1.807, 2.05) is 0 Å². The molecule has 0 atom stereocenters. The molecule has 2 heteroatoms. The van der Waals surface area contributed by atoms with Crippen LogP contribution in [0.15, 0.2) is 0 Å². The summed E-state index contributed by atoms with van der Waals surface area (Å²) in [6.07, 6.45) is 20.3. The van der Waals surface area contributed by atoms with Crippen molar-refractivity contribution in [2.45, 2.75) is 143 Å².